The first-order valence-electron chi connectivity index (χ1n) is 7.60. The molecule has 0 radical (unpaired) electrons. The third-order valence-electron chi connectivity index (χ3n) is 3.38. The van der Waals surface area contributed by atoms with Gasteiger partial charge in [-0.3, -0.25) is 4.79 Å². The van der Waals surface area contributed by atoms with E-state index in [-0.39, 0.29) is 5.69 Å². The van der Waals surface area contributed by atoms with E-state index in [9.17, 15) is 13.2 Å². The molecule has 3 N–H and O–H groups in total. The van der Waals surface area contributed by atoms with Gasteiger partial charge in [0.05, 0.1) is 0 Å². The van der Waals surface area contributed by atoms with Crippen molar-refractivity contribution in [2.45, 2.75) is 26.3 Å². The molecular formula is C16H21N3O3S2. The molecule has 130 valence electrons. The normalized spacial score (nSPS) is 11.6. The van der Waals surface area contributed by atoms with E-state index in [1.807, 2.05) is 18.2 Å². The highest BCUT2D eigenvalue weighted by Crippen LogP contribution is 2.18. The molecular weight excluding hydrogens is 346 g/mol. The van der Waals surface area contributed by atoms with Crippen LogP contribution in [-0.2, 0) is 23.0 Å². The fourth-order valence-electron chi connectivity index (χ4n) is 2.29. The second-order valence-corrected chi connectivity index (χ2v) is 8.41. The second kappa shape index (κ2) is 8.48. The number of ketones is 1. The molecule has 6 nitrogen and oxygen atoms in total. The van der Waals surface area contributed by atoms with Crippen molar-refractivity contribution in [2.75, 3.05) is 12.3 Å². The lowest BCUT2D eigenvalue weighted by Gasteiger charge is -2.03. The molecule has 24 heavy (non-hydrogen) atoms. The third-order valence-corrected chi connectivity index (χ3v) is 5.01. The van der Waals surface area contributed by atoms with Crippen LogP contribution in [0.4, 0.5) is 0 Å². The molecule has 8 heteroatoms. The van der Waals surface area contributed by atoms with Crippen LogP contribution in [0.5, 0.6) is 0 Å². The number of thiazole rings is 1. The van der Waals surface area contributed by atoms with Crippen LogP contribution >= 0.6 is 11.3 Å². The topological polar surface area (TPSA) is 102 Å². The van der Waals surface area contributed by atoms with E-state index >= 15 is 0 Å². The van der Waals surface area contributed by atoms with Crippen LogP contribution in [0.25, 0.3) is 0 Å². The molecule has 0 aliphatic heterocycles. The molecule has 1 aromatic carbocycles. The van der Waals surface area contributed by atoms with Crippen LogP contribution in [0.3, 0.4) is 0 Å². The minimum Gasteiger partial charge on any atom is -0.310 e. The lowest BCUT2D eigenvalue weighted by atomic mass is 10.1. The van der Waals surface area contributed by atoms with Gasteiger partial charge >= 0.3 is 0 Å². The average molecular weight is 367 g/mol. The predicted molar refractivity (Wildman–Crippen MR) is 95.6 cm³/mol. The predicted octanol–water partition coefficient (Wildman–Crippen LogP) is 1.65. The molecule has 0 atom stereocenters. The molecule has 0 fully saturated rings. The van der Waals surface area contributed by atoms with Gasteiger partial charge in [-0.1, -0.05) is 30.3 Å². The van der Waals surface area contributed by atoms with Gasteiger partial charge in [0.15, 0.2) is 5.78 Å². The number of hydrogen-bond donors (Lipinski definition) is 2. The van der Waals surface area contributed by atoms with E-state index < -0.39 is 21.6 Å². The van der Waals surface area contributed by atoms with Gasteiger partial charge < -0.3 is 5.32 Å². The van der Waals surface area contributed by atoms with Gasteiger partial charge in [-0.05, 0) is 31.9 Å². The summed E-state index contributed by atoms with van der Waals surface area (Å²) in [5.41, 5.74) is 1.51. The van der Waals surface area contributed by atoms with Crippen molar-refractivity contribution in [3.63, 3.8) is 0 Å². The average Bonchev–Trinajstić information content (AvgIpc) is 2.87. The maximum absolute atomic E-state index is 11.9. The van der Waals surface area contributed by atoms with Crippen LogP contribution in [-0.4, -0.2) is 31.5 Å². The van der Waals surface area contributed by atoms with Gasteiger partial charge in [0.1, 0.15) is 16.5 Å². The monoisotopic (exact) mass is 367 g/mol. The molecule has 0 spiro atoms. The first-order chi connectivity index (χ1) is 11.3. The van der Waals surface area contributed by atoms with E-state index in [0.29, 0.717) is 11.4 Å². The Morgan fingerprint density at radius 2 is 2.00 bits per heavy atom. The van der Waals surface area contributed by atoms with Crippen LogP contribution in [0.15, 0.2) is 30.3 Å². The zero-order chi connectivity index (χ0) is 17.6. The molecule has 0 amide bonds. The Morgan fingerprint density at radius 1 is 1.29 bits per heavy atom. The number of sulfonamides is 1. The number of aromatic nitrogens is 1. The van der Waals surface area contributed by atoms with E-state index in [0.717, 1.165) is 24.4 Å². The van der Waals surface area contributed by atoms with Crippen molar-refractivity contribution >= 4 is 27.1 Å². The molecule has 0 aliphatic rings. The smallest absolute Gasteiger partial charge is 0.216 e. The maximum atomic E-state index is 11.9. The highest BCUT2D eigenvalue weighted by molar-refractivity contribution is 7.89. The Balaban J connectivity index is 1.79. The number of aryl methyl sites for hydroxylation is 2. The molecule has 0 aliphatic carbocycles. The Labute approximate surface area is 146 Å². The number of benzene rings is 1. The van der Waals surface area contributed by atoms with Crippen molar-refractivity contribution in [2.24, 2.45) is 5.14 Å². The summed E-state index contributed by atoms with van der Waals surface area (Å²) in [4.78, 5) is 16.8. The first kappa shape index (κ1) is 18.7. The van der Waals surface area contributed by atoms with Crippen LogP contribution < -0.4 is 10.5 Å². The van der Waals surface area contributed by atoms with Gasteiger partial charge in [0.25, 0.3) is 0 Å². The standard InChI is InChI=1S/C16H21N3O3S2/c1-12-16(14(20)11-24(17,21)22)19-15(23-12)10-18-9-5-8-13-6-3-2-4-7-13/h2-4,6-7,18H,5,8-11H2,1H3,(H2,17,21,22). The van der Waals surface area contributed by atoms with Gasteiger partial charge in [-0.2, -0.15) is 0 Å². The molecule has 0 saturated heterocycles. The van der Waals surface area contributed by atoms with Crippen LogP contribution in [0.1, 0.15) is 32.4 Å². The summed E-state index contributed by atoms with van der Waals surface area (Å²) in [6.07, 6.45) is 2.01. The van der Waals surface area contributed by atoms with E-state index in [4.69, 9.17) is 5.14 Å². The summed E-state index contributed by atoms with van der Waals surface area (Å²) < 4.78 is 22.0. The largest absolute Gasteiger partial charge is 0.310 e. The summed E-state index contributed by atoms with van der Waals surface area (Å²) in [6.45, 7) is 3.16. The number of primary sulfonamides is 1. The van der Waals surface area contributed by atoms with Crippen molar-refractivity contribution in [1.82, 2.24) is 10.3 Å². The fourth-order valence-corrected chi connectivity index (χ4v) is 3.72. The fraction of sp³-hybridized carbons (Fsp3) is 0.375. The Bertz CT molecular complexity index is 786. The van der Waals surface area contributed by atoms with E-state index in [2.05, 4.69) is 22.4 Å². The number of nitrogens with two attached hydrogens (primary N) is 1. The molecule has 2 aromatic rings. The highest BCUT2D eigenvalue weighted by atomic mass is 32.2. The number of nitrogens with zero attached hydrogens (tertiary/aromatic N) is 1. The minimum absolute atomic E-state index is 0.204. The molecule has 2 rings (SSSR count). The Morgan fingerprint density at radius 3 is 2.67 bits per heavy atom. The summed E-state index contributed by atoms with van der Waals surface area (Å²) in [5, 5.41) is 8.97. The van der Waals surface area contributed by atoms with Crippen molar-refractivity contribution < 1.29 is 13.2 Å². The lowest BCUT2D eigenvalue weighted by Crippen LogP contribution is -2.24. The SMILES string of the molecule is Cc1sc(CNCCCc2ccccc2)nc1C(=O)CS(N)(=O)=O. The summed E-state index contributed by atoms with van der Waals surface area (Å²) >= 11 is 1.39. The van der Waals surface area contributed by atoms with Gasteiger partial charge in [0, 0.05) is 11.4 Å². The van der Waals surface area contributed by atoms with Crippen molar-refractivity contribution in [3.8, 4) is 0 Å². The Kier molecular flexibility index (Phi) is 6.61. The lowest BCUT2D eigenvalue weighted by molar-refractivity contribution is 0.101. The quantitative estimate of drug-likeness (QED) is 0.518. The number of rotatable bonds is 9. The van der Waals surface area contributed by atoms with Gasteiger partial charge in [-0.15, -0.1) is 11.3 Å². The number of Topliss-reactive ketones (excluding diaryl/α,β-unsaturated/α-hetero) is 1. The van der Waals surface area contributed by atoms with Crippen LogP contribution in [0.2, 0.25) is 0 Å². The molecule has 0 bridgehead atoms. The number of hydrogen-bond acceptors (Lipinski definition) is 6. The molecule has 0 unspecified atom stereocenters. The van der Waals surface area contributed by atoms with Gasteiger partial charge in [-0.25, -0.2) is 18.5 Å². The maximum Gasteiger partial charge on any atom is 0.216 e. The summed E-state index contributed by atoms with van der Waals surface area (Å²) in [7, 11) is -3.83. The van der Waals surface area contributed by atoms with Crippen LogP contribution in [0, 0.1) is 6.92 Å². The summed E-state index contributed by atoms with van der Waals surface area (Å²) in [6, 6.07) is 10.3. The van der Waals surface area contributed by atoms with E-state index in [1.165, 1.54) is 16.9 Å². The zero-order valence-electron chi connectivity index (χ0n) is 13.5. The van der Waals surface area contributed by atoms with Crippen molar-refractivity contribution in [3.05, 3.63) is 51.5 Å². The minimum atomic E-state index is -3.83. The van der Waals surface area contributed by atoms with Crippen molar-refractivity contribution in [1.29, 1.82) is 0 Å². The number of nitrogens with one attached hydrogen (secondary N) is 1. The van der Waals surface area contributed by atoms with E-state index in [1.54, 1.807) is 6.92 Å². The highest BCUT2D eigenvalue weighted by Gasteiger charge is 2.19. The molecule has 1 heterocycles. The summed E-state index contributed by atoms with van der Waals surface area (Å²) in [5.74, 6) is -1.26. The number of carbonyl (C=O) groups is 1. The zero-order valence-corrected chi connectivity index (χ0v) is 15.1. The van der Waals surface area contributed by atoms with Gasteiger partial charge in [0.2, 0.25) is 10.0 Å². The molecule has 0 saturated carbocycles. The number of carbonyl (C=O) groups excluding carboxylic acids is 1. The first-order valence-corrected chi connectivity index (χ1v) is 10.1. The second-order valence-electron chi connectivity index (χ2n) is 5.51. The molecule has 1 aromatic heterocycles. The third kappa shape index (κ3) is 6.12. The Hall–Kier alpha value is -1.61.